The average Bonchev–Trinajstić information content (AvgIpc) is 2.17. The largest absolute Gasteiger partial charge is 0.478 e. The first-order valence-corrected chi connectivity index (χ1v) is 5.90. The molecule has 0 unspecified atom stereocenters. The third kappa shape index (κ3) is 2.70. The van der Waals surface area contributed by atoms with Crippen molar-refractivity contribution in [2.45, 2.75) is 6.92 Å². The van der Waals surface area contributed by atoms with Crippen LogP contribution in [-0.4, -0.2) is 17.0 Å². The summed E-state index contributed by atoms with van der Waals surface area (Å²) in [5.41, 5.74) is -0.604. The van der Waals surface area contributed by atoms with E-state index in [9.17, 15) is 14.0 Å². The van der Waals surface area contributed by atoms with Crippen LogP contribution in [0.2, 0.25) is 0 Å². The number of anilines is 1. The Morgan fingerprint density at radius 3 is 2.56 bits per heavy atom. The molecule has 0 saturated carbocycles. The standard InChI is InChI=1S/C9H6BrFINO3/c1-3(14)13-8-4(9(15)16)2-5(12)6(10)7(8)11/h2H,1H3,(H,13,14)(H,15,16). The van der Waals surface area contributed by atoms with Crippen LogP contribution >= 0.6 is 38.5 Å². The number of hydrogen-bond acceptors (Lipinski definition) is 2. The lowest BCUT2D eigenvalue weighted by molar-refractivity contribution is -0.114. The fourth-order valence-corrected chi connectivity index (χ4v) is 1.92. The van der Waals surface area contributed by atoms with E-state index in [1.807, 2.05) is 0 Å². The summed E-state index contributed by atoms with van der Waals surface area (Å²) >= 11 is 4.77. The summed E-state index contributed by atoms with van der Waals surface area (Å²) in [5.74, 6) is -2.62. The number of carboxylic acid groups (broad SMARTS) is 1. The number of halogens is 3. The van der Waals surface area contributed by atoms with Gasteiger partial charge in [-0.25, -0.2) is 9.18 Å². The molecule has 0 saturated heterocycles. The molecule has 7 heteroatoms. The van der Waals surface area contributed by atoms with Crippen LogP contribution in [0.1, 0.15) is 17.3 Å². The number of rotatable bonds is 2. The van der Waals surface area contributed by atoms with Gasteiger partial charge in [0.05, 0.1) is 15.7 Å². The number of benzene rings is 1. The zero-order valence-corrected chi connectivity index (χ0v) is 11.7. The molecule has 0 aliphatic rings. The summed E-state index contributed by atoms with van der Waals surface area (Å²) < 4.78 is 14.3. The van der Waals surface area contributed by atoms with Crippen LogP contribution in [0, 0.1) is 9.39 Å². The molecule has 1 rings (SSSR count). The summed E-state index contributed by atoms with van der Waals surface area (Å²) in [6.45, 7) is 1.18. The van der Waals surface area contributed by atoms with Crippen LogP contribution in [0.15, 0.2) is 10.5 Å². The number of hydrogen-bond donors (Lipinski definition) is 2. The van der Waals surface area contributed by atoms with E-state index in [0.717, 1.165) is 0 Å². The van der Waals surface area contributed by atoms with E-state index in [1.54, 1.807) is 22.6 Å². The lowest BCUT2D eigenvalue weighted by Crippen LogP contribution is -2.13. The van der Waals surface area contributed by atoms with Gasteiger partial charge < -0.3 is 10.4 Å². The highest BCUT2D eigenvalue weighted by molar-refractivity contribution is 14.1. The van der Waals surface area contributed by atoms with Gasteiger partial charge in [0.2, 0.25) is 5.91 Å². The number of amides is 1. The molecule has 1 amide bonds. The second kappa shape index (κ2) is 5.09. The van der Waals surface area contributed by atoms with Crippen molar-refractivity contribution >= 4 is 56.1 Å². The van der Waals surface area contributed by atoms with Crippen molar-refractivity contribution < 1.29 is 19.1 Å². The van der Waals surface area contributed by atoms with Crippen LogP contribution in [0.3, 0.4) is 0 Å². The van der Waals surface area contributed by atoms with Crippen molar-refractivity contribution in [3.63, 3.8) is 0 Å². The van der Waals surface area contributed by atoms with E-state index >= 15 is 0 Å². The summed E-state index contributed by atoms with van der Waals surface area (Å²) in [4.78, 5) is 21.7. The Morgan fingerprint density at radius 2 is 2.12 bits per heavy atom. The lowest BCUT2D eigenvalue weighted by atomic mass is 10.1. The molecule has 0 heterocycles. The molecule has 0 aliphatic carbocycles. The van der Waals surface area contributed by atoms with Crippen LogP contribution in [0.25, 0.3) is 0 Å². The molecule has 1 aromatic rings. The Bertz CT molecular complexity index is 478. The van der Waals surface area contributed by atoms with Crippen LogP contribution < -0.4 is 5.32 Å². The van der Waals surface area contributed by atoms with Gasteiger partial charge in [-0.05, 0) is 44.6 Å². The Hall–Kier alpha value is -0.700. The van der Waals surface area contributed by atoms with E-state index in [4.69, 9.17) is 5.11 Å². The molecule has 16 heavy (non-hydrogen) atoms. The summed E-state index contributed by atoms with van der Waals surface area (Å²) in [6, 6.07) is 1.28. The van der Waals surface area contributed by atoms with Gasteiger partial charge in [0.15, 0.2) is 5.82 Å². The Morgan fingerprint density at radius 1 is 1.56 bits per heavy atom. The quantitative estimate of drug-likeness (QED) is 0.591. The highest BCUT2D eigenvalue weighted by Gasteiger charge is 2.20. The van der Waals surface area contributed by atoms with Gasteiger partial charge in [-0.1, -0.05) is 0 Å². The molecule has 0 radical (unpaired) electrons. The van der Waals surface area contributed by atoms with Gasteiger partial charge in [-0.3, -0.25) is 4.79 Å². The van der Waals surface area contributed by atoms with Crippen molar-refractivity contribution in [1.29, 1.82) is 0 Å². The van der Waals surface area contributed by atoms with Gasteiger partial charge in [0.25, 0.3) is 0 Å². The van der Waals surface area contributed by atoms with Crippen molar-refractivity contribution in [1.82, 2.24) is 0 Å². The number of carbonyl (C=O) groups excluding carboxylic acids is 1. The monoisotopic (exact) mass is 401 g/mol. The summed E-state index contributed by atoms with van der Waals surface area (Å²) in [7, 11) is 0. The van der Waals surface area contributed by atoms with Gasteiger partial charge in [0, 0.05) is 10.5 Å². The van der Waals surface area contributed by atoms with Gasteiger partial charge >= 0.3 is 5.97 Å². The molecule has 0 bridgehead atoms. The molecule has 0 atom stereocenters. The highest BCUT2D eigenvalue weighted by Crippen LogP contribution is 2.31. The highest BCUT2D eigenvalue weighted by atomic mass is 127. The SMILES string of the molecule is CC(=O)Nc1c(C(=O)O)cc(I)c(Br)c1F. The summed E-state index contributed by atoms with van der Waals surface area (Å²) in [6.07, 6.45) is 0. The first-order valence-electron chi connectivity index (χ1n) is 4.03. The maximum Gasteiger partial charge on any atom is 0.337 e. The molecule has 0 spiro atoms. The fourth-order valence-electron chi connectivity index (χ4n) is 1.06. The van der Waals surface area contributed by atoms with Gasteiger partial charge in [-0.2, -0.15) is 0 Å². The number of carboxylic acids is 1. The zero-order valence-electron chi connectivity index (χ0n) is 7.97. The topological polar surface area (TPSA) is 66.4 Å². The predicted molar refractivity (Wildman–Crippen MR) is 68.1 cm³/mol. The van der Waals surface area contributed by atoms with E-state index < -0.39 is 17.7 Å². The van der Waals surface area contributed by atoms with Crippen molar-refractivity contribution in [3.8, 4) is 0 Å². The molecule has 0 aliphatic heterocycles. The van der Waals surface area contributed by atoms with Crippen LogP contribution in [0.5, 0.6) is 0 Å². The van der Waals surface area contributed by atoms with Gasteiger partial charge in [-0.15, -0.1) is 0 Å². The molecular formula is C9H6BrFINO3. The minimum Gasteiger partial charge on any atom is -0.478 e. The third-order valence-electron chi connectivity index (χ3n) is 1.69. The van der Waals surface area contributed by atoms with Crippen molar-refractivity contribution in [2.75, 3.05) is 5.32 Å². The molecule has 0 aromatic heterocycles. The second-order valence-corrected chi connectivity index (χ2v) is 4.85. The van der Waals surface area contributed by atoms with Crippen molar-refractivity contribution in [3.05, 3.63) is 25.5 Å². The van der Waals surface area contributed by atoms with Crippen LogP contribution in [0.4, 0.5) is 10.1 Å². The third-order valence-corrected chi connectivity index (χ3v) is 4.06. The van der Waals surface area contributed by atoms with Gasteiger partial charge in [0.1, 0.15) is 0 Å². The first-order chi connectivity index (χ1) is 7.34. The van der Waals surface area contributed by atoms with E-state index in [0.29, 0.717) is 3.57 Å². The van der Waals surface area contributed by atoms with E-state index in [1.165, 1.54) is 13.0 Å². The van der Waals surface area contributed by atoms with Crippen molar-refractivity contribution in [2.24, 2.45) is 0 Å². The molecule has 0 fully saturated rings. The van der Waals surface area contributed by atoms with E-state index in [2.05, 4.69) is 21.2 Å². The maximum atomic E-state index is 13.7. The number of nitrogens with one attached hydrogen (secondary N) is 1. The maximum absolute atomic E-state index is 13.7. The summed E-state index contributed by atoms with van der Waals surface area (Å²) in [5, 5.41) is 11.0. The molecule has 1 aromatic carbocycles. The normalized spacial score (nSPS) is 10.0. The Kier molecular flexibility index (Phi) is 4.25. The van der Waals surface area contributed by atoms with Crippen LogP contribution in [-0.2, 0) is 4.79 Å². The lowest BCUT2D eigenvalue weighted by Gasteiger charge is -2.10. The minimum atomic E-state index is -1.30. The smallest absolute Gasteiger partial charge is 0.337 e. The second-order valence-electron chi connectivity index (χ2n) is 2.90. The number of aromatic carboxylic acids is 1. The Balaban J connectivity index is 3.47. The first kappa shape index (κ1) is 13.4. The molecule has 4 nitrogen and oxygen atoms in total. The predicted octanol–water partition coefficient (Wildman–Crippen LogP) is 2.85. The van der Waals surface area contributed by atoms with E-state index in [-0.39, 0.29) is 15.7 Å². The molecule has 2 N–H and O–H groups in total. The average molecular weight is 402 g/mol. The Labute approximate surface area is 112 Å². The number of carbonyl (C=O) groups is 2. The zero-order chi connectivity index (χ0) is 12.5. The minimum absolute atomic E-state index is 0.127. The fraction of sp³-hybridized carbons (Fsp3) is 0.111. The molecular weight excluding hydrogens is 396 g/mol. The molecule has 86 valence electrons.